The van der Waals surface area contributed by atoms with E-state index in [4.69, 9.17) is 0 Å². The molecule has 1 aliphatic heterocycles. The van der Waals surface area contributed by atoms with Gasteiger partial charge in [-0.25, -0.2) is 0 Å². The molecule has 2 rings (SSSR count). The van der Waals surface area contributed by atoms with Crippen LogP contribution < -0.4 is 10.6 Å². The normalized spacial score (nSPS) is 27.5. The lowest BCUT2D eigenvalue weighted by Gasteiger charge is -2.08. The minimum Gasteiger partial charge on any atom is -0.356 e. The molecule has 2 N–H and O–H groups in total. The van der Waals surface area contributed by atoms with Gasteiger partial charge < -0.3 is 10.6 Å². The van der Waals surface area contributed by atoms with Crippen molar-refractivity contribution in [1.82, 2.24) is 10.6 Å². The van der Waals surface area contributed by atoms with Crippen LogP contribution in [-0.2, 0) is 4.79 Å². The van der Waals surface area contributed by atoms with Gasteiger partial charge in [-0.15, -0.1) is 0 Å². The second-order valence-corrected chi connectivity index (χ2v) is 4.31. The molecule has 2 fully saturated rings. The lowest BCUT2D eigenvalue weighted by atomic mass is 10.0. The zero-order valence-electron chi connectivity index (χ0n) is 8.01. The van der Waals surface area contributed by atoms with Gasteiger partial charge in [0.1, 0.15) is 0 Å². The highest BCUT2D eigenvalue weighted by Crippen LogP contribution is 2.27. The first-order chi connectivity index (χ1) is 6.34. The van der Waals surface area contributed by atoms with Gasteiger partial charge in [0.05, 0.1) is 0 Å². The maximum absolute atomic E-state index is 11.4. The van der Waals surface area contributed by atoms with Crippen LogP contribution in [-0.4, -0.2) is 25.5 Å². The molecular formula is C10H18N2O. The van der Waals surface area contributed by atoms with Gasteiger partial charge in [-0.1, -0.05) is 0 Å². The Hall–Kier alpha value is -0.570. The van der Waals surface area contributed by atoms with Crippen molar-refractivity contribution >= 4 is 5.91 Å². The molecule has 1 saturated carbocycles. The summed E-state index contributed by atoms with van der Waals surface area (Å²) >= 11 is 0. The molecule has 0 radical (unpaired) electrons. The summed E-state index contributed by atoms with van der Waals surface area (Å²) in [5.74, 6) is 1.63. The summed E-state index contributed by atoms with van der Waals surface area (Å²) in [6.07, 6.45) is 4.51. The Morgan fingerprint density at radius 2 is 2.15 bits per heavy atom. The van der Waals surface area contributed by atoms with Gasteiger partial charge in [-0.2, -0.15) is 0 Å². The predicted octanol–water partition coefficient (Wildman–Crippen LogP) is 0.512. The summed E-state index contributed by atoms with van der Waals surface area (Å²) in [5, 5.41) is 6.28. The third-order valence-electron chi connectivity index (χ3n) is 2.92. The number of rotatable bonds is 4. The number of hydrogen-bond acceptors (Lipinski definition) is 2. The average Bonchev–Trinajstić information content (AvgIpc) is 2.82. The van der Waals surface area contributed by atoms with Crippen molar-refractivity contribution < 1.29 is 4.79 Å². The summed E-state index contributed by atoms with van der Waals surface area (Å²) in [4.78, 5) is 11.4. The minimum absolute atomic E-state index is 0.251. The van der Waals surface area contributed by atoms with Gasteiger partial charge in [0.15, 0.2) is 0 Å². The van der Waals surface area contributed by atoms with Gasteiger partial charge in [0, 0.05) is 13.0 Å². The van der Waals surface area contributed by atoms with Gasteiger partial charge in [0.2, 0.25) is 5.91 Å². The highest BCUT2D eigenvalue weighted by Gasteiger charge is 2.23. The second-order valence-electron chi connectivity index (χ2n) is 4.31. The molecule has 74 valence electrons. The Morgan fingerprint density at radius 1 is 1.31 bits per heavy atom. The lowest BCUT2D eigenvalue weighted by Crippen LogP contribution is -2.28. The molecule has 1 atom stereocenters. The molecule has 1 amide bonds. The highest BCUT2D eigenvalue weighted by molar-refractivity contribution is 5.76. The van der Waals surface area contributed by atoms with E-state index in [1.807, 2.05) is 0 Å². The van der Waals surface area contributed by atoms with Crippen LogP contribution in [0.25, 0.3) is 0 Å². The third-order valence-corrected chi connectivity index (χ3v) is 2.92. The van der Waals surface area contributed by atoms with Crippen molar-refractivity contribution in [3.63, 3.8) is 0 Å². The fourth-order valence-corrected chi connectivity index (χ4v) is 1.80. The fourth-order valence-electron chi connectivity index (χ4n) is 1.80. The van der Waals surface area contributed by atoms with E-state index < -0.39 is 0 Å². The molecule has 1 unspecified atom stereocenters. The van der Waals surface area contributed by atoms with Crippen molar-refractivity contribution in [3.8, 4) is 0 Å². The van der Waals surface area contributed by atoms with Crippen LogP contribution in [0.3, 0.4) is 0 Å². The smallest absolute Gasteiger partial charge is 0.220 e. The molecule has 0 bridgehead atoms. The Bertz CT molecular complexity index is 183. The summed E-state index contributed by atoms with van der Waals surface area (Å²) in [7, 11) is 0. The number of amides is 1. The molecule has 0 aromatic carbocycles. The molecule has 3 heteroatoms. The predicted molar refractivity (Wildman–Crippen MR) is 51.3 cm³/mol. The van der Waals surface area contributed by atoms with Crippen molar-refractivity contribution in [1.29, 1.82) is 0 Å². The van der Waals surface area contributed by atoms with Crippen LogP contribution in [0.1, 0.15) is 25.7 Å². The van der Waals surface area contributed by atoms with Crippen LogP contribution in [0, 0.1) is 11.8 Å². The fraction of sp³-hybridized carbons (Fsp3) is 0.900. The van der Waals surface area contributed by atoms with Crippen LogP contribution in [0.2, 0.25) is 0 Å². The molecule has 0 aromatic rings. The molecule has 0 aromatic heterocycles. The van der Waals surface area contributed by atoms with E-state index in [0.717, 1.165) is 38.4 Å². The maximum atomic E-state index is 11.4. The van der Waals surface area contributed by atoms with E-state index in [0.29, 0.717) is 5.92 Å². The lowest BCUT2D eigenvalue weighted by molar-refractivity contribution is -0.121. The van der Waals surface area contributed by atoms with Crippen molar-refractivity contribution in [2.45, 2.75) is 25.7 Å². The first-order valence-electron chi connectivity index (χ1n) is 5.32. The molecule has 1 saturated heterocycles. The summed E-state index contributed by atoms with van der Waals surface area (Å²) in [5.41, 5.74) is 0. The van der Waals surface area contributed by atoms with E-state index in [-0.39, 0.29) is 5.91 Å². The molecule has 3 nitrogen and oxygen atoms in total. The number of carbonyl (C=O) groups is 1. The van der Waals surface area contributed by atoms with Gasteiger partial charge >= 0.3 is 0 Å². The summed E-state index contributed by atoms with van der Waals surface area (Å²) in [6.45, 7) is 3.02. The van der Waals surface area contributed by atoms with E-state index >= 15 is 0 Å². The number of carbonyl (C=O) groups excluding carboxylic acids is 1. The average molecular weight is 182 g/mol. The maximum Gasteiger partial charge on any atom is 0.220 e. The molecule has 13 heavy (non-hydrogen) atoms. The SMILES string of the molecule is O=C(CC1CCNC1)NCC1CC1. The standard InChI is InChI=1S/C10H18N2O/c13-10(12-7-8-1-2-8)5-9-3-4-11-6-9/h8-9,11H,1-7H2,(H,12,13). The monoisotopic (exact) mass is 182 g/mol. The van der Waals surface area contributed by atoms with Gasteiger partial charge in [-0.05, 0) is 44.2 Å². The largest absolute Gasteiger partial charge is 0.356 e. The number of hydrogen-bond donors (Lipinski definition) is 2. The van der Waals surface area contributed by atoms with E-state index in [1.54, 1.807) is 0 Å². The minimum atomic E-state index is 0.251. The first kappa shape index (κ1) is 9.00. The Labute approximate surface area is 79.3 Å². The van der Waals surface area contributed by atoms with E-state index in [9.17, 15) is 4.79 Å². The van der Waals surface area contributed by atoms with E-state index in [2.05, 4.69) is 10.6 Å². The molecular weight excluding hydrogens is 164 g/mol. The zero-order valence-corrected chi connectivity index (χ0v) is 8.01. The van der Waals surface area contributed by atoms with Crippen LogP contribution in [0.4, 0.5) is 0 Å². The topological polar surface area (TPSA) is 41.1 Å². The zero-order chi connectivity index (χ0) is 9.10. The van der Waals surface area contributed by atoms with E-state index in [1.165, 1.54) is 12.8 Å². The van der Waals surface area contributed by atoms with Crippen LogP contribution in [0.5, 0.6) is 0 Å². The Balaban J connectivity index is 1.59. The van der Waals surface area contributed by atoms with Crippen LogP contribution >= 0.6 is 0 Å². The molecule has 1 heterocycles. The summed E-state index contributed by atoms with van der Waals surface area (Å²) in [6, 6.07) is 0. The van der Waals surface area contributed by atoms with Gasteiger partial charge in [-0.3, -0.25) is 4.79 Å². The van der Waals surface area contributed by atoms with Crippen molar-refractivity contribution in [2.24, 2.45) is 11.8 Å². The molecule has 1 aliphatic carbocycles. The van der Waals surface area contributed by atoms with Crippen molar-refractivity contribution in [3.05, 3.63) is 0 Å². The van der Waals surface area contributed by atoms with Crippen LogP contribution in [0.15, 0.2) is 0 Å². The molecule has 2 aliphatic rings. The van der Waals surface area contributed by atoms with Gasteiger partial charge in [0.25, 0.3) is 0 Å². The van der Waals surface area contributed by atoms with Crippen molar-refractivity contribution in [2.75, 3.05) is 19.6 Å². The Morgan fingerprint density at radius 3 is 2.77 bits per heavy atom. The number of nitrogens with one attached hydrogen (secondary N) is 2. The second kappa shape index (κ2) is 4.09. The highest BCUT2D eigenvalue weighted by atomic mass is 16.1. The molecule has 0 spiro atoms. The third kappa shape index (κ3) is 2.99. The Kier molecular flexibility index (Phi) is 2.83. The quantitative estimate of drug-likeness (QED) is 0.665. The first-order valence-corrected chi connectivity index (χ1v) is 5.32. The summed E-state index contributed by atoms with van der Waals surface area (Å²) < 4.78 is 0.